The van der Waals surface area contributed by atoms with E-state index in [4.69, 9.17) is 17.3 Å². The highest BCUT2D eigenvalue weighted by atomic mass is 35.5. The molecule has 2 aromatic carbocycles. The van der Waals surface area contributed by atoms with Crippen LogP contribution in [0.5, 0.6) is 0 Å². The zero-order valence-corrected chi connectivity index (χ0v) is 10.9. The Kier molecular flexibility index (Phi) is 2.97. The molecule has 0 saturated carbocycles. The summed E-state index contributed by atoms with van der Waals surface area (Å²) in [6.07, 6.45) is 1.80. The SMILES string of the molecule is Nc1cn(-c2ccccc2)nc1-c1ccccc1Cl. The Hall–Kier alpha value is -2.26. The van der Waals surface area contributed by atoms with Gasteiger partial charge in [0.25, 0.3) is 0 Å². The van der Waals surface area contributed by atoms with Gasteiger partial charge in [-0.25, -0.2) is 4.68 Å². The minimum absolute atomic E-state index is 0.608. The summed E-state index contributed by atoms with van der Waals surface area (Å²) in [7, 11) is 0. The molecule has 4 heteroatoms. The van der Waals surface area contributed by atoms with E-state index in [1.54, 1.807) is 10.9 Å². The molecule has 0 fully saturated rings. The molecule has 1 aromatic heterocycles. The number of anilines is 1. The number of nitrogen functional groups attached to an aromatic ring is 1. The molecule has 3 aromatic rings. The maximum absolute atomic E-state index is 6.18. The molecule has 0 aliphatic rings. The Morgan fingerprint density at radius 3 is 2.37 bits per heavy atom. The normalized spacial score (nSPS) is 10.6. The van der Waals surface area contributed by atoms with Gasteiger partial charge in [-0.2, -0.15) is 5.10 Å². The van der Waals surface area contributed by atoms with Gasteiger partial charge in [-0.05, 0) is 18.2 Å². The summed E-state index contributed by atoms with van der Waals surface area (Å²) in [5.74, 6) is 0. The molecule has 0 atom stereocenters. The number of hydrogen-bond donors (Lipinski definition) is 1. The number of para-hydroxylation sites is 1. The Balaban J connectivity index is 2.11. The van der Waals surface area contributed by atoms with Crippen molar-refractivity contribution in [3.05, 3.63) is 65.8 Å². The molecule has 0 radical (unpaired) electrons. The van der Waals surface area contributed by atoms with Crippen LogP contribution in [0.4, 0.5) is 5.69 Å². The molecule has 1 heterocycles. The number of benzene rings is 2. The topological polar surface area (TPSA) is 43.8 Å². The third kappa shape index (κ3) is 2.20. The standard InChI is InChI=1S/C15H12ClN3/c16-13-9-5-4-8-12(13)15-14(17)10-19(18-15)11-6-2-1-3-7-11/h1-10H,17H2. The van der Waals surface area contributed by atoms with E-state index in [2.05, 4.69) is 5.10 Å². The maximum atomic E-state index is 6.18. The lowest BCUT2D eigenvalue weighted by Gasteiger charge is -2.01. The molecule has 0 aliphatic heterocycles. The molecule has 2 N–H and O–H groups in total. The monoisotopic (exact) mass is 269 g/mol. The predicted octanol–water partition coefficient (Wildman–Crippen LogP) is 3.77. The van der Waals surface area contributed by atoms with Crippen molar-refractivity contribution in [2.45, 2.75) is 0 Å². The van der Waals surface area contributed by atoms with Crippen molar-refractivity contribution >= 4 is 17.3 Å². The van der Waals surface area contributed by atoms with Crippen LogP contribution in [0, 0.1) is 0 Å². The molecule has 3 nitrogen and oxygen atoms in total. The molecule has 0 spiro atoms. The Labute approximate surface area is 116 Å². The zero-order chi connectivity index (χ0) is 13.2. The first-order chi connectivity index (χ1) is 9.25. The van der Waals surface area contributed by atoms with Gasteiger partial charge in [0, 0.05) is 5.56 Å². The highest BCUT2D eigenvalue weighted by Gasteiger charge is 2.11. The Bertz CT molecular complexity index is 704. The van der Waals surface area contributed by atoms with Gasteiger partial charge in [0.05, 0.1) is 22.6 Å². The minimum atomic E-state index is 0.608. The first-order valence-electron chi connectivity index (χ1n) is 5.91. The summed E-state index contributed by atoms with van der Waals surface area (Å²) in [4.78, 5) is 0. The molecule has 0 saturated heterocycles. The Morgan fingerprint density at radius 1 is 0.947 bits per heavy atom. The summed E-state index contributed by atoms with van der Waals surface area (Å²) < 4.78 is 1.76. The van der Waals surface area contributed by atoms with Gasteiger partial charge in [-0.1, -0.05) is 48.0 Å². The first-order valence-corrected chi connectivity index (χ1v) is 6.29. The van der Waals surface area contributed by atoms with Gasteiger partial charge in [0.1, 0.15) is 5.69 Å². The van der Waals surface area contributed by atoms with Crippen LogP contribution < -0.4 is 5.73 Å². The largest absolute Gasteiger partial charge is 0.396 e. The van der Waals surface area contributed by atoms with Crippen LogP contribution in [0.1, 0.15) is 0 Å². The first kappa shape index (κ1) is 11.8. The highest BCUT2D eigenvalue weighted by molar-refractivity contribution is 6.33. The van der Waals surface area contributed by atoms with Gasteiger partial charge < -0.3 is 5.73 Å². The fraction of sp³-hybridized carbons (Fsp3) is 0. The van der Waals surface area contributed by atoms with Crippen LogP contribution in [-0.2, 0) is 0 Å². The van der Waals surface area contributed by atoms with E-state index in [9.17, 15) is 0 Å². The summed E-state index contributed by atoms with van der Waals surface area (Å²) in [6, 6.07) is 17.4. The van der Waals surface area contributed by atoms with Gasteiger partial charge in [-0.3, -0.25) is 0 Å². The lowest BCUT2D eigenvalue weighted by molar-refractivity contribution is 0.884. The number of rotatable bonds is 2. The van der Waals surface area contributed by atoms with Crippen molar-refractivity contribution in [2.75, 3.05) is 5.73 Å². The fourth-order valence-corrected chi connectivity index (χ4v) is 2.19. The van der Waals surface area contributed by atoms with E-state index >= 15 is 0 Å². The molecule has 3 rings (SSSR count). The number of nitrogens with two attached hydrogens (primary N) is 1. The third-order valence-corrected chi connectivity index (χ3v) is 3.22. The summed E-state index contributed by atoms with van der Waals surface area (Å²) in [6.45, 7) is 0. The van der Waals surface area contributed by atoms with Crippen LogP contribution in [0.25, 0.3) is 16.9 Å². The van der Waals surface area contributed by atoms with Crippen molar-refractivity contribution in [3.63, 3.8) is 0 Å². The summed E-state index contributed by atoms with van der Waals surface area (Å²) in [5, 5.41) is 5.16. The quantitative estimate of drug-likeness (QED) is 0.769. The molecule has 94 valence electrons. The molecule has 19 heavy (non-hydrogen) atoms. The average Bonchev–Trinajstić information content (AvgIpc) is 2.82. The van der Waals surface area contributed by atoms with Crippen molar-refractivity contribution in [1.29, 1.82) is 0 Å². The van der Waals surface area contributed by atoms with Crippen molar-refractivity contribution in [3.8, 4) is 16.9 Å². The molecule has 0 amide bonds. The van der Waals surface area contributed by atoms with Crippen molar-refractivity contribution in [1.82, 2.24) is 9.78 Å². The molecule has 0 aliphatic carbocycles. The smallest absolute Gasteiger partial charge is 0.117 e. The second-order valence-electron chi connectivity index (χ2n) is 4.19. The number of nitrogens with zero attached hydrogens (tertiary/aromatic N) is 2. The lowest BCUT2D eigenvalue weighted by Crippen LogP contribution is -1.94. The van der Waals surface area contributed by atoms with Gasteiger partial charge in [0.15, 0.2) is 0 Å². The third-order valence-electron chi connectivity index (χ3n) is 2.89. The molecule has 0 unspecified atom stereocenters. The zero-order valence-electron chi connectivity index (χ0n) is 10.1. The van der Waals surface area contributed by atoms with Gasteiger partial charge >= 0.3 is 0 Å². The number of hydrogen-bond acceptors (Lipinski definition) is 2. The number of aromatic nitrogens is 2. The van der Waals surface area contributed by atoms with Crippen LogP contribution in [0.3, 0.4) is 0 Å². The molecule has 0 bridgehead atoms. The lowest BCUT2D eigenvalue weighted by atomic mass is 10.1. The second kappa shape index (κ2) is 4.78. The van der Waals surface area contributed by atoms with E-state index in [1.807, 2.05) is 54.6 Å². The molecular weight excluding hydrogens is 258 g/mol. The second-order valence-corrected chi connectivity index (χ2v) is 4.60. The van der Waals surface area contributed by atoms with Gasteiger partial charge in [0.2, 0.25) is 0 Å². The van der Waals surface area contributed by atoms with Crippen LogP contribution in [0.2, 0.25) is 5.02 Å². The van der Waals surface area contributed by atoms with E-state index < -0.39 is 0 Å². The van der Waals surface area contributed by atoms with Crippen LogP contribution in [-0.4, -0.2) is 9.78 Å². The van der Waals surface area contributed by atoms with E-state index in [0.717, 1.165) is 11.3 Å². The molecular formula is C15H12ClN3. The summed E-state index contributed by atoms with van der Waals surface area (Å²) >= 11 is 6.18. The van der Waals surface area contributed by atoms with Crippen molar-refractivity contribution < 1.29 is 0 Å². The Morgan fingerprint density at radius 2 is 1.63 bits per heavy atom. The van der Waals surface area contributed by atoms with Crippen molar-refractivity contribution in [2.24, 2.45) is 0 Å². The highest BCUT2D eigenvalue weighted by Crippen LogP contribution is 2.30. The van der Waals surface area contributed by atoms with E-state index in [-0.39, 0.29) is 0 Å². The predicted molar refractivity (Wildman–Crippen MR) is 78.4 cm³/mol. The number of halogens is 1. The minimum Gasteiger partial charge on any atom is -0.396 e. The van der Waals surface area contributed by atoms with Crippen LogP contribution >= 0.6 is 11.6 Å². The van der Waals surface area contributed by atoms with E-state index in [1.165, 1.54) is 0 Å². The summed E-state index contributed by atoms with van der Waals surface area (Å²) in [5.41, 5.74) is 9.16. The van der Waals surface area contributed by atoms with Crippen LogP contribution in [0.15, 0.2) is 60.8 Å². The average molecular weight is 270 g/mol. The maximum Gasteiger partial charge on any atom is 0.117 e. The van der Waals surface area contributed by atoms with Gasteiger partial charge in [-0.15, -0.1) is 0 Å². The van der Waals surface area contributed by atoms with E-state index in [0.29, 0.717) is 16.4 Å². The fourth-order valence-electron chi connectivity index (χ4n) is 1.96.